The zero-order valence-corrected chi connectivity index (χ0v) is 17.1. The Morgan fingerprint density at radius 2 is 1.08 bits per heavy atom. The normalized spacial score (nSPS) is 12.9. The Labute approximate surface area is 159 Å². The van der Waals surface area contributed by atoms with E-state index in [-0.39, 0.29) is 6.42 Å². The van der Waals surface area contributed by atoms with E-state index in [0.29, 0.717) is 11.6 Å². The van der Waals surface area contributed by atoms with E-state index in [1.54, 1.807) is 0 Å². The Kier molecular flexibility index (Phi) is 5.55. The van der Waals surface area contributed by atoms with Crippen molar-refractivity contribution in [2.75, 3.05) is 0 Å². The predicted octanol–water partition coefficient (Wildman–Crippen LogP) is 3.71. The van der Waals surface area contributed by atoms with Gasteiger partial charge in [-0.2, -0.15) is 0 Å². The zero-order chi connectivity index (χ0) is 18.5. The summed E-state index contributed by atoms with van der Waals surface area (Å²) in [6.45, 7) is 0. The molecule has 0 unspecified atom stereocenters. The first-order chi connectivity index (χ1) is 12.6. The van der Waals surface area contributed by atoms with Gasteiger partial charge in [0.15, 0.2) is 0 Å². The van der Waals surface area contributed by atoms with Gasteiger partial charge in [0.1, 0.15) is 0 Å². The van der Waals surface area contributed by atoms with Crippen molar-refractivity contribution in [3.8, 4) is 0 Å². The molecule has 0 aliphatic rings. The third-order valence-corrected chi connectivity index (χ3v) is 19.9. The molecule has 0 amide bonds. The van der Waals surface area contributed by atoms with Gasteiger partial charge in [0.2, 0.25) is 0 Å². The molecule has 0 fully saturated rings. The Balaban J connectivity index is 2.29. The summed E-state index contributed by atoms with van der Waals surface area (Å²) in [5.74, 6) is -0.783. The quantitative estimate of drug-likeness (QED) is 0.583. The fraction of sp³-hybridized carbons (Fsp3) is 0.136. The summed E-state index contributed by atoms with van der Waals surface area (Å²) in [6, 6.07) is 30.6. The molecule has 0 bridgehead atoms. The topological polar surface area (TPSA) is 37.3 Å². The molecular formula is C22H22AsClO2. The van der Waals surface area contributed by atoms with E-state index in [1.165, 1.54) is 0 Å². The summed E-state index contributed by atoms with van der Waals surface area (Å²) in [5, 5.41) is 9.84. The van der Waals surface area contributed by atoms with E-state index in [9.17, 15) is 9.90 Å². The molecule has 26 heavy (non-hydrogen) atoms. The molecule has 0 aliphatic heterocycles. The van der Waals surface area contributed by atoms with Crippen molar-refractivity contribution in [1.29, 1.82) is 0 Å². The van der Waals surface area contributed by atoms with E-state index >= 15 is 0 Å². The van der Waals surface area contributed by atoms with E-state index in [2.05, 4.69) is 36.4 Å². The third-order valence-electron chi connectivity index (χ3n) is 4.85. The minimum absolute atomic E-state index is 0.120. The van der Waals surface area contributed by atoms with Gasteiger partial charge in [0, 0.05) is 0 Å². The SMILES string of the molecule is O=C(O)CCC[As](Cl)(c1ccccc1)(c1ccccc1)c1ccccc1. The molecule has 0 heterocycles. The summed E-state index contributed by atoms with van der Waals surface area (Å²) in [5.41, 5.74) is 0. The van der Waals surface area contributed by atoms with Crippen molar-refractivity contribution in [2.24, 2.45) is 0 Å². The average Bonchev–Trinajstić information content (AvgIpc) is 2.70. The number of carboxylic acid groups (broad SMARTS) is 1. The van der Waals surface area contributed by atoms with E-state index in [1.807, 2.05) is 54.6 Å². The number of carboxylic acids is 1. The summed E-state index contributed by atoms with van der Waals surface area (Å²) in [7, 11) is 7.84. The van der Waals surface area contributed by atoms with E-state index in [4.69, 9.17) is 9.95 Å². The second-order valence-corrected chi connectivity index (χ2v) is 19.4. The molecule has 0 radical (unpaired) electrons. The van der Waals surface area contributed by atoms with Crippen LogP contribution in [0.5, 0.6) is 0 Å². The second kappa shape index (κ2) is 7.70. The maximum atomic E-state index is 11.2. The first-order valence-corrected chi connectivity index (χ1v) is 15.3. The number of benzene rings is 3. The van der Waals surface area contributed by atoms with Gasteiger partial charge in [-0.05, 0) is 0 Å². The van der Waals surface area contributed by atoms with Gasteiger partial charge >= 0.3 is 159 Å². The van der Waals surface area contributed by atoms with Crippen LogP contribution >= 0.6 is 9.95 Å². The van der Waals surface area contributed by atoms with Crippen molar-refractivity contribution >= 4 is 40.5 Å². The fourth-order valence-electron chi connectivity index (χ4n) is 3.58. The molecule has 0 atom stereocenters. The molecule has 4 heteroatoms. The second-order valence-electron chi connectivity index (χ2n) is 6.41. The van der Waals surface area contributed by atoms with Gasteiger partial charge < -0.3 is 0 Å². The van der Waals surface area contributed by atoms with Crippen LogP contribution in [0.3, 0.4) is 0 Å². The van der Waals surface area contributed by atoms with Crippen LogP contribution in [0, 0.1) is 0 Å². The van der Waals surface area contributed by atoms with Crippen molar-refractivity contribution in [2.45, 2.75) is 18.1 Å². The van der Waals surface area contributed by atoms with Crippen LogP contribution in [-0.2, 0) is 4.79 Å². The molecule has 1 N–H and O–H groups in total. The van der Waals surface area contributed by atoms with Crippen molar-refractivity contribution in [1.82, 2.24) is 0 Å². The van der Waals surface area contributed by atoms with Gasteiger partial charge in [-0.25, -0.2) is 0 Å². The number of aliphatic carboxylic acids is 1. The molecule has 3 aromatic rings. The molecule has 0 spiro atoms. The molecule has 0 saturated carbocycles. The summed E-state index contributed by atoms with van der Waals surface area (Å²) in [6.07, 6.45) is 0.665. The van der Waals surface area contributed by atoms with Crippen molar-refractivity contribution in [3.63, 3.8) is 0 Å². The summed E-state index contributed by atoms with van der Waals surface area (Å²) < 4.78 is 3.36. The monoisotopic (exact) mass is 428 g/mol. The van der Waals surface area contributed by atoms with Crippen LogP contribution in [0.2, 0.25) is 5.21 Å². The van der Waals surface area contributed by atoms with E-state index < -0.39 is 17.5 Å². The van der Waals surface area contributed by atoms with Gasteiger partial charge in [-0.15, -0.1) is 0 Å². The Hall–Kier alpha value is -2.02. The molecule has 0 saturated heterocycles. The van der Waals surface area contributed by atoms with Crippen LogP contribution < -0.4 is 13.1 Å². The standard InChI is InChI=1S/C22H22AsClO2/c24-23(18-10-17-22(25)26,19-11-4-1-5-12-19,20-13-6-2-7-14-20)21-15-8-3-9-16-21/h1-9,11-16H,10,17-18H2,(H,25,26). The maximum absolute atomic E-state index is 11.2. The number of hydrogen-bond donors (Lipinski definition) is 1. The number of hydrogen-bond acceptors (Lipinski definition) is 1. The molecule has 134 valence electrons. The molecule has 2 nitrogen and oxygen atoms in total. The van der Waals surface area contributed by atoms with E-state index in [0.717, 1.165) is 13.1 Å². The predicted molar refractivity (Wildman–Crippen MR) is 112 cm³/mol. The molecular weight excluding hydrogens is 407 g/mol. The van der Waals surface area contributed by atoms with Crippen LogP contribution in [0.4, 0.5) is 0 Å². The Morgan fingerprint density at radius 3 is 1.38 bits per heavy atom. The van der Waals surface area contributed by atoms with Crippen molar-refractivity contribution < 1.29 is 9.90 Å². The first-order valence-electron chi connectivity index (χ1n) is 8.67. The number of halogens is 1. The average molecular weight is 429 g/mol. The van der Waals surface area contributed by atoms with Gasteiger partial charge in [0.25, 0.3) is 0 Å². The molecule has 3 rings (SSSR count). The molecule has 3 aromatic carbocycles. The van der Waals surface area contributed by atoms with Crippen LogP contribution in [0.25, 0.3) is 0 Å². The van der Waals surface area contributed by atoms with Gasteiger partial charge in [-0.3, -0.25) is 0 Å². The zero-order valence-electron chi connectivity index (χ0n) is 14.5. The Morgan fingerprint density at radius 1 is 0.731 bits per heavy atom. The third kappa shape index (κ3) is 3.32. The van der Waals surface area contributed by atoms with Crippen LogP contribution in [0.15, 0.2) is 91.0 Å². The van der Waals surface area contributed by atoms with Crippen molar-refractivity contribution in [3.05, 3.63) is 91.0 Å². The molecule has 0 aromatic heterocycles. The molecule has 0 aliphatic carbocycles. The fourth-order valence-corrected chi connectivity index (χ4v) is 16.0. The summed E-state index contributed by atoms with van der Waals surface area (Å²) in [4.78, 5) is 11.2. The minimum atomic E-state index is -4.01. The first kappa shape index (κ1) is 18.8. The van der Waals surface area contributed by atoms with Crippen LogP contribution in [0.1, 0.15) is 12.8 Å². The Bertz CT molecular complexity index is 767. The van der Waals surface area contributed by atoms with Gasteiger partial charge in [0.05, 0.1) is 0 Å². The van der Waals surface area contributed by atoms with Gasteiger partial charge in [-0.1, -0.05) is 0 Å². The summed E-state index contributed by atoms with van der Waals surface area (Å²) >= 11 is -4.01. The van der Waals surface area contributed by atoms with Crippen LogP contribution in [-0.4, -0.2) is 22.6 Å². The number of rotatable bonds is 7. The number of carbonyl (C=O) groups is 1.